The number of aromatic nitrogens is 2. The van der Waals surface area contributed by atoms with Crippen molar-refractivity contribution in [2.75, 3.05) is 55.8 Å². The highest BCUT2D eigenvalue weighted by Crippen LogP contribution is 2.40. The minimum Gasteiger partial charge on any atom is -0.368 e. The van der Waals surface area contributed by atoms with Gasteiger partial charge in [-0.3, -0.25) is 4.90 Å². The number of likely N-dealkylation sites (tertiary alicyclic amines) is 1. The number of likely N-dealkylation sites (N-methyl/N-ethyl adjacent to an activating group) is 1. The first-order chi connectivity index (χ1) is 17.7. The minimum absolute atomic E-state index is 0.0609. The lowest BCUT2D eigenvalue weighted by atomic mass is 9.77. The molecule has 3 heterocycles. The highest BCUT2D eigenvalue weighted by Gasteiger charge is 2.43. The van der Waals surface area contributed by atoms with E-state index in [1.165, 1.54) is 12.3 Å². The van der Waals surface area contributed by atoms with Crippen molar-refractivity contribution in [3.05, 3.63) is 35.5 Å². The van der Waals surface area contributed by atoms with Gasteiger partial charge in [-0.1, -0.05) is 0 Å². The number of piperazine rings is 1. The fraction of sp³-hybridized carbons (Fsp3) is 0.593. The van der Waals surface area contributed by atoms with Crippen molar-refractivity contribution >= 4 is 23.1 Å². The van der Waals surface area contributed by atoms with E-state index in [4.69, 9.17) is 0 Å². The number of rotatable bonds is 5. The average molecular weight is 531 g/mol. The molecule has 0 spiro atoms. The maximum atomic E-state index is 14.0. The number of alkyl halides is 3. The zero-order valence-corrected chi connectivity index (χ0v) is 22.9. The van der Waals surface area contributed by atoms with Crippen molar-refractivity contribution in [2.45, 2.75) is 63.8 Å². The molecule has 2 aliphatic heterocycles. The number of anilines is 4. The van der Waals surface area contributed by atoms with Crippen molar-refractivity contribution in [3.8, 4) is 6.07 Å². The van der Waals surface area contributed by atoms with Crippen LogP contribution in [0.25, 0.3) is 0 Å². The van der Waals surface area contributed by atoms with E-state index in [2.05, 4.69) is 71.2 Å². The smallest absolute Gasteiger partial charge is 0.368 e. The van der Waals surface area contributed by atoms with Crippen LogP contribution >= 0.6 is 0 Å². The van der Waals surface area contributed by atoms with Gasteiger partial charge in [-0.2, -0.15) is 23.4 Å². The summed E-state index contributed by atoms with van der Waals surface area (Å²) in [6.07, 6.45) is -1.44. The second-order valence-corrected chi connectivity index (χ2v) is 11.6. The van der Waals surface area contributed by atoms with Gasteiger partial charge in [0.05, 0.1) is 11.8 Å². The molecule has 1 aromatic heterocycles. The summed E-state index contributed by atoms with van der Waals surface area (Å²) in [5, 5.41) is 16.0. The Balaban J connectivity index is 1.58. The Morgan fingerprint density at radius 2 is 1.66 bits per heavy atom. The summed E-state index contributed by atoms with van der Waals surface area (Å²) in [7, 11) is 4.08. The number of piperidine rings is 1. The van der Waals surface area contributed by atoms with Crippen LogP contribution in [0, 0.1) is 11.3 Å². The Morgan fingerprint density at radius 3 is 2.24 bits per heavy atom. The molecule has 206 valence electrons. The van der Waals surface area contributed by atoms with Gasteiger partial charge in [0.1, 0.15) is 17.5 Å². The van der Waals surface area contributed by atoms with Gasteiger partial charge in [-0.05, 0) is 72.8 Å². The van der Waals surface area contributed by atoms with E-state index in [0.29, 0.717) is 32.0 Å². The molecule has 2 aromatic rings. The standard InChI is InChI=1S/C27H37F3N8/c1-25(2)14-20(15-26(3,4)37(25)6)33-23-18(16-31)17-32-24(35-23)34-19-7-8-22(21(13-19)27(28,29)30)38-11-9-36(5)10-12-38/h7-8,13,17,20H,9-12,14-15H2,1-6H3,(H2,32,33,34,35). The molecule has 11 heteroatoms. The molecular weight excluding hydrogens is 493 g/mol. The van der Waals surface area contributed by atoms with Crippen molar-refractivity contribution < 1.29 is 13.2 Å². The monoisotopic (exact) mass is 530 g/mol. The van der Waals surface area contributed by atoms with Gasteiger partial charge < -0.3 is 20.4 Å². The number of nitrogens with zero attached hydrogens (tertiary/aromatic N) is 6. The van der Waals surface area contributed by atoms with E-state index >= 15 is 0 Å². The highest BCUT2D eigenvalue weighted by atomic mass is 19.4. The summed E-state index contributed by atoms with van der Waals surface area (Å²) < 4.78 is 42.1. The molecule has 8 nitrogen and oxygen atoms in total. The molecule has 2 saturated heterocycles. The molecule has 0 aliphatic carbocycles. The Labute approximate surface area is 222 Å². The molecule has 2 fully saturated rings. The van der Waals surface area contributed by atoms with E-state index in [0.717, 1.165) is 18.9 Å². The summed E-state index contributed by atoms with van der Waals surface area (Å²) in [5.74, 6) is 0.495. The third kappa shape index (κ3) is 5.97. The molecular formula is C27H37F3N8. The zero-order valence-electron chi connectivity index (χ0n) is 22.9. The molecule has 2 aliphatic rings. The molecule has 0 amide bonds. The van der Waals surface area contributed by atoms with E-state index in [9.17, 15) is 18.4 Å². The van der Waals surface area contributed by atoms with Gasteiger partial charge in [-0.15, -0.1) is 0 Å². The lowest BCUT2D eigenvalue weighted by Gasteiger charge is -2.53. The summed E-state index contributed by atoms with van der Waals surface area (Å²) in [6, 6.07) is 6.39. The van der Waals surface area contributed by atoms with Gasteiger partial charge in [0.15, 0.2) is 0 Å². The first-order valence-electron chi connectivity index (χ1n) is 12.9. The second kappa shape index (κ2) is 10.2. The molecule has 0 atom stereocenters. The fourth-order valence-electron chi connectivity index (χ4n) is 5.59. The van der Waals surface area contributed by atoms with Crippen LogP contribution in [-0.2, 0) is 6.18 Å². The average Bonchev–Trinajstić information content (AvgIpc) is 2.82. The molecule has 0 unspecified atom stereocenters. The Hall–Kier alpha value is -3.10. The van der Waals surface area contributed by atoms with Crippen molar-refractivity contribution in [2.24, 2.45) is 0 Å². The van der Waals surface area contributed by atoms with Gasteiger partial charge in [-0.25, -0.2) is 4.98 Å². The Kier molecular flexibility index (Phi) is 7.51. The summed E-state index contributed by atoms with van der Waals surface area (Å²) >= 11 is 0. The van der Waals surface area contributed by atoms with Crippen molar-refractivity contribution in [1.29, 1.82) is 5.26 Å². The van der Waals surface area contributed by atoms with E-state index in [1.807, 2.05) is 7.05 Å². The number of hydrogen-bond acceptors (Lipinski definition) is 8. The number of nitrogens with one attached hydrogen (secondary N) is 2. The van der Waals surface area contributed by atoms with Crippen molar-refractivity contribution in [3.63, 3.8) is 0 Å². The fourth-order valence-corrected chi connectivity index (χ4v) is 5.59. The van der Waals surface area contributed by atoms with E-state index in [1.54, 1.807) is 11.0 Å². The van der Waals surface area contributed by atoms with Crippen LogP contribution in [0.4, 0.5) is 36.3 Å². The quantitative estimate of drug-likeness (QED) is 0.564. The third-order valence-corrected chi connectivity index (χ3v) is 7.96. The van der Waals surface area contributed by atoms with Gasteiger partial charge in [0.25, 0.3) is 0 Å². The van der Waals surface area contributed by atoms with Gasteiger partial charge in [0.2, 0.25) is 5.95 Å². The normalized spacial score (nSPS) is 20.7. The zero-order chi connectivity index (χ0) is 27.9. The third-order valence-electron chi connectivity index (χ3n) is 7.96. The molecule has 38 heavy (non-hydrogen) atoms. The number of benzene rings is 1. The number of halogens is 3. The first-order valence-corrected chi connectivity index (χ1v) is 12.9. The Bertz CT molecular complexity index is 1180. The largest absolute Gasteiger partial charge is 0.418 e. The molecule has 0 bridgehead atoms. The topological polar surface area (TPSA) is 83.3 Å². The molecule has 0 saturated carbocycles. The van der Waals surface area contributed by atoms with Crippen LogP contribution < -0.4 is 15.5 Å². The molecule has 0 radical (unpaired) electrons. The SMILES string of the molecule is CN1CCN(c2ccc(Nc3ncc(C#N)c(NC4CC(C)(C)N(C)C(C)(C)C4)n3)cc2C(F)(F)F)CC1. The molecule has 1 aromatic carbocycles. The van der Waals surface area contributed by atoms with E-state index < -0.39 is 11.7 Å². The predicted molar refractivity (Wildman–Crippen MR) is 144 cm³/mol. The maximum Gasteiger partial charge on any atom is 0.418 e. The lowest BCUT2D eigenvalue weighted by molar-refractivity contribution is -0.137. The molecule has 4 rings (SSSR count). The van der Waals surface area contributed by atoms with Crippen LogP contribution in [0.2, 0.25) is 0 Å². The predicted octanol–water partition coefficient (Wildman–Crippen LogP) is 4.93. The summed E-state index contributed by atoms with van der Waals surface area (Å²) in [4.78, 5) is 14.9. The van der Waals surface area contributed by atoms with Crippen LogP contribution in [0.5, 0.6) is 0 Å². The summed E-state index contributed by atoms with van der Waals surface area (Å²) in [5.41, 5.74) is -0.153. The van der Waals surface area contributed by atoms with Crippen LogP contribution in [-0.4, -0.2) is 77.2 Å². The maximum absolute atomic E-state index is 14.0. The van der Waals surface area contributed by atoms with Gasteiger partial charge in [0, 0.05) is 54.7 Å². The van der Waals surface area contributed by atoms with Gasteiger partial charge >= 0.3 is 6.18 Å². The molecule has 2 N–H and O–H groups in total. The van der Waals surface area contributed by atoms with Crippen molar-refractivity contribution in [1.82, 2.24) is 19.8 Å². The number of hydrogen-bond donors (Lipinski definition) is 2. The highest BCUT2D eigenvalue weighted by molar-refractivity contribution is 5.66. The second-order valence-electron chi connectivity index (χ2n) is 11.6. The summed E-state index contributed by atoms with van der Waals surface area (Å²) in [6.45, 7) is 11.2. The van der Waals surface area contributed by atoms with Crippen LogP contribution in [0.15, 0.2) is 24.4 Å². The first kappa shape index (κ1) is 27.9. The van der Waals surface area contributed by atoms with Crippen LogP contribution in [0.3, 0.4) is 0 Å². The lowest BCUT2D eigenvalue weighted by Crippen LogP contribution is -2.61. The number of nitriles is 1. The van der Waals surface area contributed by atoms with Crippen LogP contribution in [0.1, 0.15) is 51.7 Å². The Morgan fingerprint density at radius 1 is 1.03 bits per heavy atom. The van der Waals surface area contributed by atoms with E-state index in [-0.39, 0.29) is 40.0 Å². The minimum atomic E-state index is -4.51.